The van der Waals surface area contributed by atoms with Gasteiger partial charge in [-0.3, -0.25) is 0 Å². The molecule has 13 heavy (non-hydrogen) atoms. The monoisotopic (exact) mass is 198 g/mol. The van der Waals surface area contributed by atoms with Gasteiger partial charge in [0.05, 0.1) is 0 Å². The maximum atomic E-state index is 5.75. The molecule has 0 atom stereocenters. The van der Waals surface area contributed by atoms with Crippen LogP contribution in [0.4, 0.5) is 5.69 Å². The number of hydrogen-bond donors (Lipinski definition) is 2. The Hall–Kier alpha value is -0.540. The first-order valence-corrected chi connectivity index (χ1v) is 5.75. The summed E-state index contributed by atoms with van der Waals surface area (Å²) in [6, 6.07) is 1.97. The Morgan fingerprint density at radius 3 is 2.92 bits per heavy atom. The van der Waals surface area contributed by atoms with Crippen LogP contribution >= 0.6 is 11.3 Å². The quantitative estimate of drug-likeness (QED) is 0.690. The Labute approximate surface area is 84.2 Å². The molecule has 0 unspecified atom stereocenters. The number of anilines is 1. The average Bonchev–Trinajstić information content (AvgIpc) is 2.52. The number of nitrogens with one attached hydrogen (secondary N) is 1. The molecule has 1 heterocycles. The van der Waals surface area contributed by atoms with Crippen molar-refractivity contribution in [2.45, 2.75) is 32.7 Å². The second-order valence-corrected chi connectivity index (χ2v) is 4.18. The van der Waals surface area contributed by atoms with E-state index in [0.29, 0.717) is 0 Å². The second-order valence-electron chi connectivity index (χ2n) is 3.18. The first-order valence-electron chi connectivity index (χ1n) is 4.87. The molecule has 2 nitrogen and oxygen atoms in total. The standard InChI is InChI=1S/C10H18N2S/c1-2-3-4-6-12-8-10-9(11)5-7-13-10/h5,7,12H,2-4,6,8,11H2,1H3. The molecule has 0 saturated carbocycles. The summed E-state index contributed by atoms with van der Waals surface area (Å²) in [4.78, 5) is 1.26. The number of nitrogen functional groups attached to an aromatic ring is 1. The number of hydrogen-bond acceptors (Lipinski definition) is 3. The Bertz CT molecular complexity index is 233. The lowest BCUT2D eigenvalue weighted by molar-refractivity contribution is 0.620. The predicted molar refractivity (Wildman–Crippen MR) is 60.0 cm³/mol. The molecule has 3 N–H and O–H groups in total. The lowest BCUT2D eigenvalue weighted by Gasteiger charge is -2.02. The van der Waals surface area contributed by atoms with Crippen molar-refractivity contribution in [2.24, 2.45) is 0 Å². The van der Waals surface area contributed by atoms with Crippen molar-refractivity contribution in [3.05, 3.63) is 16.3 Å². The van der Waals surface area contributed by atoms with Gasteiger partial charge in [0.1, 0.15) is 0 Å². The Morgan fingerprint density at radius 2 is 2.31 bits per heavy atom. The van der Waals surface area contributed by atoms with Crippen LogP contribution in [-0.2, 0) is 6.54 Å². The molecule has 0 amide bonds. The summed E-state index contributed by atoms with van der Waals surface area (Å²) >= 11 is 1.73. The summed E-state index contributed by atoms with van der Waals surface area (Å²) in [6.07, 6.45) is 3.86. The van der Waals surface area contributed by atoms with Gasteiger partial charge in [-0.05, 0) is 24.4 Å². The normalized spacial score (nSPS) is 10.5. The topological polar surface area (TPSA) is 38.0 Å². The van der Waals surface area contributed by atoms with Gasteiger partial charge in [0, 0.05) is 17.1 Å². The zero-order valence-corrected chi connectivity index (χ0v) is 8.99. The van der Waals surface area contributed by atoms with Crippen LogP contribution in [0.5, 0.6) is 0 Å². The second kappa shape index (κ2) is 6.00. The summed E-state index contributed by atoms with van der Waals surface area (Å²) in [5.41, 5.74) is 6.68. The van der Waals surface area contributed by atoms with Gasteiger partial charge < -0.3 is 11.1 Å². The van der Waals surface area contributed by atoms with E-state index in [2.05, 4.69) is 12.2 Å². The number of nitrogens with two attached hydrogens (primary N) is 1. The first kappa shape index (κ1) is 10.5. The molecule has 0 aromatic carbocycles. The van der Waals surface area contributed by atoms with Crippen molar-refractivity contribution in [1.29, 1.82) is 0 Å². The van der Waals surface area contributed by atoms with Gasteiger partial charge in [0.2, 0.25) is 0 Å². The van der Waals surface area contributed by atoms with E-state index >= 15 is 0 Å². The first-order chi connectivity index (χ1) is 6.34. The van der Waals surface area contributed by atoms with Crippen LogP contribution < -0.4 is 11.1 Å². The molecule has 1 aromatic heterocycles. The van der Waals surface area contributed by atoms with Crippen molar-refractivity contribution < 1.29 is 0 Å². The zero-order chi connectivity index (χ0) is 9.52. The Morgan fingerprint density at radius 1 is 1.46 bits per heavy atom. The summed E-state index contributed by atoms with van der Waals surface area (Å²) in [5, 5.41) is 5.43. The fourth-order valence-electron chi connectivity index (χ4n) is 1.20. The maximum Gasteiger partial charge on any atom is 0.0468 e. The van der Waals surface area contributed by atoms with Gasteiger partial charge in [-0.2, -0.15) is 0 Å². The molecule has 0 bridgehead atoms. The van der Waals surface area contributed by atoms with Crippen LogP contribution in [0.25, 0.3) is 0 Å². The van der Waals surface area contributed by atoms with E-state index < -0.39 is 0 Å². The fraction of sp³-hybridized carbons (Fsp3) is 0.600. The van der Waals surface area contributed by atoms with E-state index in [9.17, 15) is 0 Å². The third-order valence-electron chi connectivity index (χ3n) is 2.02. The Kier molecular flexibility index (Phi) is 4.86. The summed E-state index contributed by atoms with van der Waals surface area (Å²) in [6.45, 7) is 4.25. The molecule has 3 heteroatoms. The van der Waals surface area contributed by atoms with Crippen LogP contribution in [0.3, 0.4) is 0 Å². The van der Waals surface area contributed by atoms with Crippen molar-refractivity contribution in [1.82, 2.24) is 5.32 Å². The highest BCUT2D eigenvalue weighted by atomic mass is 32.1. The van der Waals surface area contributed by atoms with E-state index in [-0.39, 0.29) is 0 Å². The lowest BCUT2D eigenvalue weighted by Crippen LogP contribution is -2.14. The molecule has 0 fully saturated rings. The van der Waals surface area contributed by atoms with E-state index in [4.69, 9.17) is 5.73 Å². The minimum Gasteiger partial charge on any atom is -0.398 e. The molecule has 74 valence electrons. The SMILES string of the molecule is CCCCCNCc1sccc1N. The number of unbranched alkanes of at least 4 members (excludes halogenated alkanes) is 2. The van der Waals surface area contributed by atoms with E-state index in [1.807, 2.05) is 11.4 Å². The van der Waals surface area contributed by atoms with Gasteiger partial charge in [-0.25, -0.2) is 0 Å². The summed E-state index contributed by atoms with van der Waals surface area (Å²) < 4.78 is 0. The van der Waals surface area contributed by atoms with Crippen molar-refractivity contribution in [3.63, 3.8) is 0 Å². The highest BCUT2D eigenvalue weighted by Crippen LogP contribution is 2.17. The van der Waals surface area contributed by atoms with Gasteiger partial charge in [0.15, 0.2) is 0 Å². The van der Waals surface area contributed by atoms with E-state index in [0.717, 1.165) is 18.8 Å². The van der Waals surface area contributed by atoms with E-state index in [1.54, 1.807) is 11.3 Å². The van der Waals surface area contributed by atoms with Crippen LogP contribution in [0.2, 0.25) is 0 Å². The lowest BCUT2D eigenvalue weighted by atomic mass is 10.2. The molecule has 1 rings (SSSR count). The molecule has 0 saturated heterocycles. The summed E-state index contributed by atoms with van der Waals surface area (Å²) in [5.74, 6) is 0. The minimum absolute atomic E-state index is 0.924. The smallest absolute Gasteiger partial charge is 0.0468 e. The van der Waals surface area contributed by atoms with Crippen LogP contribution in [0, 0.1) is 0 Å². The fourth-order valence-corrected chi connectivity index (χ4v) is 1.96. The third-order valence-corrected chi connectivity index (χ3v) is 2.96. The highest BCUT2D eigenvalue weighted by molar-refractivity contribution is 7.10. The van der Waals surface area contributed by atoms with Gasteiger partial charge >= 0.3 is 0 Å². The Balaban J connectivity index is 2.10. The molecule has 1 aromatic rings. The van der Waals surface area contributed by atoms with Crippen molar-refractivity contribution in [2.75, 3.05) is 12.3 Å². The summed E-state index contributed by atoms with van der Waals surface area (Å²) in [7, 11) is 0. The molecule has 0 aliphatic heterocycles. The molecule has 0 aliphatic carbocycles. The molecular weight excluding hydrogens is 180 g/mol. The highest BCUT2D eigenvalue weighted by Gasteiger charge is 1.98. The predicted octanol–water partition coefficient (Wildman–Crippen LogP) is 2.61. The molecule has 0 aliphatic rings. The van der Waals surface area contributed by atoms with Gasteiger partial charge in [-0.1, -0.05) is 19.8 Å². The number of rotatable bonds is 6. The van der Waals surface area contributed by atoms with Crippen molar-refractivity contribution >= 4 is 17.0 Å². The van der Waals surface area contributed by atoms with E-state index in [1.165, 1.54) is 24.1 Å². The minimum atomic E-state index is 0.924. The van der Waals surface area contributed by atoms with Crippen molar-refractivity contribution in [3.8, 4) is 0 Å². The zero-order valence-electron chi connectivity index (χ0n) is 8.18. The van der Waals surface area contributed by atoms with Crippen LogP contribution in [0.1, 0.15) is 31.1 Å². The van der Waals surface area contributed by atoms with Crippen LogP contribution in [0.15, 0.2) is 11.4 Å². The van der Waals surface area contributed by atoms with Crippen LogP contribution in [-0.4, -0.2) is 6.54 Å². The molecule has 0 radical (unpaired) electrons. The average molecular weight is 198 g/mol. The number of thiophene rings is 1. The largest absolute Gasteiger partial charge is 0.398 e. The molecular formula is C10H18N2S. The van der Waals surface area contributed by atoms with Gasteiger partial charge in [0.25, 0.3) is 0 Å². The molecule has 0 spiro atoms. The maximum absolute atomic E-state index is 5.75. The third kappa shape index (κ3) is 3.79. The van der Waals surface area contributed by atoms with Gasteiger partial charge in [-0.15, -0.1) is 11.3 Å².